The zero-order valence-corrected chi connectivity index (χ0v) is 13.6. The first-order valence-electron chi connectivity index (χ1n) is 4.85. The maximum absolute atomic E-state index is 6.08. The van der Waals surface area contributed by atoms with E-state index in [4.69, 9.17) is 33.7 Å². The van der Waals surface area contributed by atoms with Gasteiger partial charge in [0.25, 0.3) is 0 Å². The van der Waals surface area contributed by atoms with Gasteiger partial charge in [0.15, 0.2) is 0 Å². The van der Waals surface area contributed by atoms with E-state index >= 15 is 0 Å². The van der Waals surface area contributed by atoms with Gasteiger partial charge in [-0.2, -0.15) is 0 Å². The van der Waals surface area contributed by atoms with Crippen molar-refractivity contribution in [3.63, 3.8) is 0 Å². The zero-order valence-electron chi connectivity index (χ0n) is 8.88. The van der Waals surface area contributed by atoms with E-state index in [0.717, 1.165) is 8.95 Å². The third-order valence-electron chi connectivity index (χ3n) is 2.15. The van der Waals surface area contributed by atoms with Crippen molar-refractivity contribution in [1.82, 2.24) is 0 Å². The Kier molecular flexibility index (Phi) is 4.43. The minimum Gasteiger partial charge on any atom is -0.455 e. The molecule has 2 rings (SSSR count). The van der Waals surface area contributed by atoms with Gasteiger partial charge < -0.3 is 10.5 Å². The molecule has 0 heterocycles. The van der Waals surface area contributed by atoms with Crippen LogP contribution in [0.5, 0.6) is 11.5 Å². The van der Waals surface area contributed by atoms with Crippen molar-refractivity contribution < 1.29 is 4.74 Å². The van der Waals surface area contributed by atoms with Crippen LogP contribution >= 0.6 is 55.1 Å². The molecular weight excluding hydrogens is 405 g/mol. The molecule has 0 unspecified atom stereocenters. The SMILES string of the molecule is Nc1ccc(Oc2cc(Cl)c(Br)cc2Cl)c(Br)c1. The molecule has 6 heteroatoms. The van der Waals surface area contributed by atoms with Gasteiger partial charge in [-0.3, -0.25) is 0 Å². The van der Waals surface area contributed by atoms with Gasteiger partial charge in [-0.1, -0.05) is 23.2 Å². The number of hydrogen-bond acceptors (Lipinski definition) is 2. The molecule has 2 aromatic rings. The molecule has 0 aliphatic carbocycles. The van der Waals surface area contributed by atoms with Crippen LogP contribution < -0.4 is 10.5 Å². The molecule has 2 nitrogen and oxygen atoms in total. The highest BCUT2D eigenvalue weighted by Crippen LogP contribution is 2.38. The van der Waals surface area contributed by atoms with Gasteiger partial charge in [0, 0.05) is 16.2 Å². The maximum Gasteiger partial charge on any atom is 0.147 e. The van der Waals surface area contributed by atoms with Crippen LogP contribution in [-0.4, -0.2) is 0 Å². The normalized spacial score (nSPS) is 10.4. The summed E-state index contributed by atoms with van der Waals surface area (Å²) in [6.07, 6.45) is 0. The van der Waals surface area contributed by atoms with Crippen LogP contribution in [0.25, 0.3) is 0 Å². The lowest BCUT2D eigenvalue weighted by molar-refractivity contribution is 0.480. The van der Waals surface area contributed by atoms with E-state index in [1.807, 2.05) is 0 Å². The molecule has 2 aromatic carbocycles. The number of hydrogen-bond donors (Lipinski definition) is 1. The largest absolute Gasteiger partial charge is 0.455 e. The predicted octanol–water partition coefficient (Wildman–Crippen LogP) is 5.89. The summed E-state index contributed by atoms with van der Waals surface area (Å²) in [4.78, 5) is 0. The highest BCUT2D eigenvalue weighted by Gasteiger charge is 2.10. The van der Waals surface area contributed by atoms with Crippen LogP contribution in [0.1, 0.15) is 0 Å². The Labute approximate surface area is 131 Å². The molecule has 94 valence electrons. The van der Waals surface area contributed by atoms with Crippen LogP contribution in [0.3, 0.4) is 0 Å². The first kappa shape index (κ1) is 14.0. The number of benzene rings is 2. The average Bonchev–Trinajstić information content (AvgIpc) is 2.29. The molecule has 2 N–H and O–H groups in total. The second-order valence-electron chi connectivity index (χ2n) is 3.49. The summed E-state index contributed by atoms with van der Waals surface area (Å²) in [5, 5.41) is 0.996. The molecule has 0 amide bonds. The summed E-state index contributed by atoms with van der Waals surface area (Å²) in [6, 6.07) is 8.59. The third kappa shape index (κ3) is 3.12. The van der Waals surface area contributed by atoms with Crippen LogP contribution in [0.2, 0.25) is 10.0 Å². The maximum atomic E-state index is 6.08. The first-order chi connectivity index (χ1) is 8.47. The lowest BCUT2D eigenvalue weighted by Crippen LogP contribution is -1.89. The van der Waals surface area contributed by atoms with E-state index < -0.39 is 0 Å². The summed E-state index contributed by atoms with van der Waals surface area (Å²) in [7, 11) is 0. The molecule has 0 radical (unpaired) electrons. The number of rotatable bonds is 2. The Balaban J connectivity index is 2.37. The first-order valence-corrected chi connectivity index (χ1v) is 7.19. The second-order valence-corrected chi connectivity index (χ2v) is 6.01. The number of nitrogens with two attached hydrogens (primary N) is 1. The van der Waals surface area contributed by atoms with E-state index in [9.17, 15) is 0 Å². The van der Waals surface area contributed by atoms with Crippen LogP contribution in [0.4, 0.5) is 5.69 Å². The molecule has 0 bridgehead atoms. The molecular formula is C12H7Br2Cl2NO. The van der Waals surface area contributed by atoms with E-state index in [1.54, 1.807) is 30.3 Å². The molecule has 0 atom stereocenters. The quantitative estimate of drug-likeness (QED) is 0.493. The van der Waals surface area contributed by atoms with E-state index in [2.05, 4.69) is 31.9 Å². The summed E-state index contributed by atoms with van der Waals surface area (Å²) in [5.41, 5.74) is 6.30. The highest BCUT2D eigenvalue weighted by atomic mass is 79.9. The van der Waals surface area contributed by atoms with Crippen molar-refractivity contribution >= 4 is 60.7 Å². The van der Waals surface area contributed by atoms with Gasteiger partial charge in [0.2, 0.25) is 0 Å². The van der Waals surface area contributed by atoms with Crippen molar-refractivity contribution in [2.75, 3.05) is 5.73 Å². The smallest absolute Gasteiger partial charge is 0.147 e. The topological polar surface area (TPSA) is 35.2 Å². The van der Waals surface area contributed by atoms with Gasteiger partial charge in [0.05, 0.1) is 14.5 Å². The van der Waals surface area contributed by atoms with Gasteiger partial charge in [0.1, 0.15) is 11.5 Å². The molecule has 0 saturated heterocycles. The molecule has 0 saturated carbocycles. The van der Waals surface area contributed by atoms with E-state index in [0.29, 0.717) is 27.2 Å². The van der Waals surface area contributed by atoms with Crippen LogP contribution in [0.15, 0.2) is 39.3 Å². The van der Waals surface area contributed by atoms with Gasteiger partial charge in [-0.05, 0) is 56.1 Å². The molecule has 0 spiro atoms. The highest BCUT2D eigenvalue weighted by molar-refractivity contribution is 9.10. The fraction of sp³-hybridized carbons (Fsp3) is 0. The number of nitrogen functional groups attached to an aromatic ring is 1. The zero-order chi connectivity index (χ0) is 13.3. The van der Waals surface area contributed by atoms with Crippen molar-refractivity contribution in [2.45, 2.75) is 0 Å². The minimum atomic E-state index is 0.468. The fourth-order valence-electron chi connectivity index (χ4n) is 1.30. The van der Waals surface area contributed by atoms with Crippen molar-refractivity contribution in [3.8, 4) is 11.5 Å². The summed E-state index contributed by atoms with van der Waals surface area (Å²) in [6.45, 7) is 0. The lowest BCUT2D eigenvalue weighted by atomic mass is 10.3. The fourth-order valence-corrected chi connectivity index (χ4v) is 2.61. The number of ether oxygens (including phenoxy) is 1. The monoisotopic (exact) mass is 409 g/mol. The minimum absolute atomic E-state index is 0.468. The molecule has 0 aliphatic rings. The molecule has 0 aromatic heterocycles. The molecule has 18 heavy (non-hydrogen) atoms. The van der Waals surface area contributed by atoms with Crippen molar-refractivity contribution in [2.24, 2.45) is 0 Å². The molecule has 0 aliphatic heterocycles. The van der Waals surface area contributed by atoms with Crippen molar-refractivity contribution in [3.05, 3.63) is 49.3 Å². The Bertz CT molecular complexity index is 605. The van der Waals surface area contributed by atoms with Crippen LogP contribution in [0, 0.1) is 0 Å². The number of halogens is 4. The summed E-state index contributed by atoms with van der Waals surface area (Å²) in [5.74, 6) is 1.10. The number of anilines is 1. The second kappa shape index (κ2) is 5.70. The predicted molar refractivity (Wildman–Crippen MR) is 82.8 cm³/mol. The van der Waals surface area contributed by atoms with E-state index in [-0.39, 0.29) is 0 Å². The standard InChI is InChI=1S/C12H7Br2Cl2NO/c13-7-4-10(16)12(5-9(7)15)18-11-2-1-6(17)3-8(11)14/h1-5H,17H2. The van der Waals surface area contributed by atoms with E-state index in [1.165, 1.54) is 0 Å². The lowest BCUT2D eigenvalue weighted by Gasteiger charge is -2.10. The Hall–Kier alpha value is -0.420. The Morgan fingerprint density at radius 1 is 0.889 bits per heavy atom. The summed E-state index contributed by atoms with van der Waals surface area (Å²) >= 11 is 18.7. The van der Waals surface area contributed by atoms with Crippen LogP contribution in [-0.2, 0) is 0 Å². The molecule has 0 fully saturated rings. The Morgan fingerprint density at radius 2 is 1.61 bits per heavy atom. The van der Waals surface area contributed by atoms with Crippen molar-refractivity contribution in [1.29, 1.82) is 0 Å². The van der Waals surface area contributed by atoms with Gasteiger partial charge in [-0.15, -0.1) is 0 Å². The summed E-state index contributed by atoms with van der Waals surface area (Å²) < 4.78 is 7.16. The van der Waals surface area contributed by atoms with Gasteiger partial charge in [-0.25, -0.2) is 0 Å². The third-order valence-corrected chi connectivity index (χ3v) is 4.26. The van der Waals surface area contributed by atoms with Gasteiger partial charge >= 0.3 is 0 Å². The average molecular weight is 412 g/mol. The Morgan fingerprint density at radius 3 is 2.28 bits per heavy atom.